The number of rotatable bonds is 5. The van der Waals surface area contributed by atoms with Gasteiger partial charge in [-0.2, -0.15) is 0 Å². The molecule has 4 N–H and O–H groups in total. The number of fused-ring (bicyclic) bond motifs is 1. The summed E-state index contributed by atoms with van der Waals surface area (Å²) in [5.41, 5.74) is 1.18. The quantitative estimate of drug-likeness (QED) is 0.331. The average Bonchev–Trinajstić information content (AvgIpc) is 3.52. The molecule has 0 aliphatic carbocycles. The van der Waals surface area contributed by atoms with E-state index in [1.165, 1.54) is 41.7 Å². The van der Waals surface area contributed by atoms with E-state index < -0.39 is 29.5 Å². The number of carboxylic acid groups (broad SMARTS) is 1. The molecule has 2 aromatic carbocycles. The summed E-state index contributed by atoms with van der Waals surface area (Å²) in [5.74, 6) is -3.10. The first kappa shape index (κ1) is 20.5. The second-order valence-corrected chi connectivity index (χ2v) is 8.28. The Morgan fingerprint density at radius 1 is 1.06 bits per heavy atom. The Balaban J connectivity index is 1.67. The lowest BCUT2D eigenvalue weighted by molar-refractivity contribution is -0.117. The normalized spacial score (nSPS) is 16.1. The van der Waals surface area contributed by atoms with Crippen molar-refractivity contribution in [1.29, 1.82) is 0 Å². The molecule has 33 heavy (non-hydrogen) atoms. The molecule has 10 heteroatoms. The van der Waals surface area contributed by atoms with Gasteiger partial charge in [0.1, 0.15) is 5.75 Å². The molecule has 3 heterocycles. The van der Waals surface area contributed by atoms with Crippen LogP contribution in [0, 0.1) is 0 Å². The van der Waals surface area contributed by atoms with E-state index in [0.717, 1.165) is 4.90 Å². The number of hydrogen-bond acceptors (Lipinski definition) is 7. The topological polar surface area (TPSA) is 144 Å². The minimum absolute atomic E-state index is 0.00102. The summed E-state index contributed by atoms with van der Waals surface area (Å²) in [7, 11) is 0. The van der Waals surface area contributed by atoms with Crippen LogP contribution in [0.1, 0.15) is 31.6 Å². The van der Waals surface area contributed by atoms with Crippen LogP contribution in [-0.2, 0) is 4.79 Å². The van der Waals surface area contributed by atoms with Crippen molar-refractivity contribution in [3.63, 3.8) is 0 Å². The summed E-state index contributed by atoms with van der Waals surface area (Å²) in [6, 6.07) is 12.5. The smallest absolute Gasteiger partial charge is 0.335 e. The van der Waals surface area contributed by atoms with Crippen LogP contribution in [0.3, 0.4) is 0 Å². The largest absolute Gasteiger partial charge is 0.508 e. The number of nitrogens with one attached hydrogen (secondary N) is 1. The number of carboxylic acids is 1. The highest BCUT2D eigenvalue weighted by Crippen LogP contribution is 2.42. The van der Waals surface area contributed by atoms with Gasteiger partial charge in [0.2, 0.25) is 11.7 Å². The van der Waals surface area contributed by atoms with E-state index in [9.17, 15) is 29.7 Å². The van der Waals surface area contributed by atoms with Crippen LogP contribution in [0.15, 0.2) is 71.3 Å². The highest BCUT2D eigenvalue weighted by molar-refractivity contribution is 7.12. The number of ketones is 1. The molecule has 0 bridgehead atoms. The Morgan fingerprint density at radius 3 is 2.48 bits per heavy atom. The van der Waals surface area contributed by atoms with Gasteiger partial charge in [-0.1, -0.05) is 18.2 Å². The zero-order valence-electron chi connectivity index (χ0n) is 16.7. The second kappa shape index (κ2) is 7.61. The number of H-pyrrole nitrogens is 1. The Kier molecular flexibility index (Phi) is 4.72. The van der Waals surface area contributed by atoms with E-state index in [-0.39, 0.29) is 22.8 Å². The molecular formula is C23H15N3O6S. The van der Waals surface area contributed by atoms with Gasteiger partial charge in [-0.15, -0.1) is 11.3 Å². The monoisotopic (exact) mass is 461 g/mol. The van der Waals surface area contributed by atoms with Crippen LogP contribution in [0.4, 0.5) is 5.95 Å². The van der Waals surface area contributed by atoms with E-state index in [1.807, 2.05) is 0 Å². The lowest BCUT2D eigenvalue weighted by atomic mass is 9.95. The fraction of sp³-hybridized carbons (Fsp3) is 0.0435. The number of thiophene rings is 1. The summed E-state index contributed by atoms with van der Waals surface area (Å²) in [6.07, 6.45) is 0. The number of aromatic amines is 1. The van der Waals surface area contributed by atoms with Crippen molar-refractivity contribution < 1.29 is 29.7 Å². The molecule has 0 fully saturated rings. The summed E-state index contributed by atoms with van der Waals surface area (Å²) in [6.45, 7) is 0. The van der Waals surface area contributed by atoms with Gasteiger partial charge in [0.15, 0.2) is 5.76 Å². The molecule has 5 rings (SSSR count). The third kappa shape index (κ3) is 3.33. The van der Waals surface area contributed by atoms with E-state index in [0.29, 0.717) is 21.5 Å². The molecule has 0 saturated heterocycles. The maximum atomic E-state index is 13.3. The summed E-state index contributed by atoms with van der Waals surface area (Å²) in [5, 5.41) is 31.4. The summed E-state index contributed by atoms with van der Waals surface area (Å²) >= 11 is 1.18. The molecular weight excluding hydrogens is 446 g/mol. The molecule has 1 aliphatic rings. The average molecular weight is 461 g/mol. The van der Waals surface area contributed by atoms with Crippen molar-refractivity contribution in [2.24, 2.45) is 0 Å². The summed E-state index contributed by atoms with van der Waals surface area (Å²) < 4.78 is 0. The van der Waals surface area contributed by atoms with Crippen molar-refractivity contribution in [3.05, 3.63) is 87.3 Å². The zero-order valence-corrected chi connectivity index (χ0v) is 17.5. The Labute approximate surface area is 189 Å². The van der Waals surface area contributed by atoms with Gasteiger partial charge in [0.05, 0.1) is 33.1 Å². The summed E-state index contributed by atoms with van der Waals surface area (Å²) in [4.78, 5) is 46.5. The van der Waals surface area contributed by atoms with Crippen molar-refractivity contribution >= 4 is 46.0 Å². The van der Waals surface area contributed by atoms with Crippen LogP contribution in [-0.4, -0.2) is 42.9 Å². The van der Waals surface area contributed by atoms with Crippen molar-refractivity contribution in [2.75, 3.05) is 4.90 Å². The number of hydrogen-bond donors (Lipinski definition) is 4. The molecule has 1 aliphatic heterocycles. The molecule has 1 atom stereocenters. The molecule has 2 aromatic heterocycles. The van der Waals surface area contributed by atoms with Crippen molar-refractivity contribution in [2.45, 2.75) is 6.04 Å². The molecule has 0 spiro atoms. The maximum Gasteiger partial charge on any atom is 0.335 e. The lowest BCUT2D eigenvalue weighted by Gasteiger charge is -2.24. The molecule has 1 amide bonds. The number of benzene rings is 2. The third-order valence-corrected chi connectivity index (χ3v) is 6.22. The van der Waals surface area contributed by atoms with Crippen LogP contribution < -0.4 is 4.90 Å². The second-order valence-electron chi connectivity index (χ2n) is 7.34. The minimum Gasteiger partial charge on any atom is -0.508 e. The van der Waals surface area contributed by atoms with Crippen LogP contribution in [0.25, 0.3) is 11.0 Å². The van der Waals surface area contributed by atoms with Gasteiger partial charge >= 0.3 is 5.97 Å². The van der Waals surface area contributed by atoms with Crippen LogP contribution in [0.2, 0.25) is 0 Å². The van der Waals surface area contributed by atoms with Gasteiger partial charge in [-0.25, -0.2) is 9.78 Å². The van der Waals surface area contributed by atoms with E-state index in [4.69, 9.17) is 0 Å². The number of aromatic hydroxyl groups is 1. The number of phenols is 1. The number of nitrogens with zero attached hydrogens (tertiary/aromatic N) is 2. The Morgan fingerprint density at radius 2 is 1.82 bits per heavy atom. The number of aliphatic hydroxyl groups excluding tert-OH is 1. The van der Waals surface area contributed by atoms with Crippen molar-refractivity contribution in [1.82, 2.24) is 9.97 Å². The fourth-order valence-electron chi connectivity index (χ4n) is 3.81. The lowest BCUT2D eigenvalue weighted by Crippen LogP contribution is -2.31. The van der Waals surface area contributed by atoms with E-state index in [1.54, 1.807) is 29.6 Å². The third-order valence-electron chi connectivity index (χ3n) is 5.35. The van der Waals surface area contributed by atoms with Crippen LogP contribution in [0.5, 0.6) is 5.75 Å². The number of aliphatic hydroxyl groups is 1. The maximum absolute atomic E-state index is 13.3. The number of anilines is 1. The number of amides is 1. The number of imidazole rings is 1. The van der Waals surface area contributed by atoms with Gasteiger partial charge in [-0.3, -0.25) is 14.5 Å². The molecule has 1 unspecified atom stereocenters. The number of carbonyl (C=O) groups excluding carboxylic acids is 2. The van der Waals surface area contributed by atoms with Gasteiger partial charge in [-0.05, 0) is 47.3 Å². The molecule has 0 saturated carbocycles. The van der Waals surface area contributed by atoms with Crippen molar-refractivity contribution in [3.8, 4) is 5.75 Å². The minimum atomic E-state index is -1.12. The van der Waals surface area contributed by atoms with E-state index >= 15 is 0 Å². The highest BCUT2D eigenvalue weighted by atomic mass is 32.1. The molecule has 164 valence electrons. The number of Topliss-reactive ketones (excluding diaryl/α,β-unsaturated/α-hetero) is 1. The first-order valence-electron chi connectivity index (χ1n) is 9.72. The number of carbonyl (C=O) groups is 3. The van der Waals surface area contributed by atoms with Gasteiger partial charge < -0.3 is 20.3 Å². The SMILES string of the molecule is O=C(O)c1ccc2nc(N3C(=O)C(O)=C(C(=O)c4cccs4)C3c3ccc(O)cc3)[nH]c2c1. The van der Waals surface area contributed by atoms with Gasteiger partial charge in [0.25, 0.3) is 5.91 Å². The standard InChI is InChI=1S/C23H15N3O6S/c27-13-6-3-11(4-7-13)18-17(19(28)16-2-1-9-33-16)20(29)21(30)26(18)23-24-14-8-5-12(22(31)32)10-15(14)25-23/h1-10,18,27,29H,(H,24,25)(H,31,32). The molecule has 0 radical (unpaired) electrons. The number of phenolic OH excluding ortho intramolecular Hbond substituents is 1. The molecule has 4 aromatic rings. The van der Waals surface area contributed by atoms with E-state index in [2.05, 4.69) is 9.97 Å². The Bertz CT molecular complexity index is 1450. The Hall–Kier alpha value is -4.44. The molecule has 9 nitrogen and oxygen atoms in total. The first-order valence-corrected chi connectivity index (χ1v) is 10.6. The predicted octanol–water partition coefficient (Wildman–Crippen LogP) is 3.81. The van der Waals surface area contributed by atoms with Gasteiger partial charge in [0, 0.05) is 0 Å². The predicted molar refractivity (Wildman–Crippen MR) is 120 cm³/mol. The zero-order chi connectivity index (χ0) is 23.3. The van der Waals surface area contributed by atoms with Crippen LogP contribution >= 0.6 is 11.3 Å². The fourth-order valence-corrected chi connectivity index (χ4v) is 4.49. The highest BCUT2D eigenvalue weighted by Gasteiger charge is 2.46. The number of aromatic carboxylic acids is 1. The number of aromatic nitrogens is 2. The first-order chi connectivity index (χ1) is 15.8.